The first-order chi connectivity index (χ1) is 6.20. The van der Waals surface area contributed by atoms with Gasteiger partial charge in [0.05, 0.1) is 4.70 Å². The molecule has 2 aromatic rings. The Hall–Kier alpha value is -1.29. The summed E-state index contributed by atoms with van der Waals surface area (Å²) in [4.78, 5) is 10.5. The number of hydrogen-bond donors (Lipinski definition) is 1. The minimum Gasteiger partial charge on any atom is -0.508 e. The van der Waals surface area contributed by atoms with E-state index < -0.39 is 0 Å². The average molecular weight is 196 g/mol. The van der Waals surface area contributed by atoms with Crippen molar-refractivity contribution in [1.82, 2.24) is 0 Å². The Morgan fingerprint density at radius 1 is 1.54 bits per heavy atom. The lowest BCUT2D eigenvalue weighted by atomic mass is 10.1. The summed E-state index contributed by atoms with van der Waals surface area (Å²) >= 11 is 1.00. The molecule has 13 heavy (non-hydrogen) atoms. The molecule has 4 heteroatoms. The molecule has 0 bridgehead atoms. The van der Waals surface area contributed by atoms with Crippen LogP contribution in [-0.4, -0.2) is 5.11 Å². The molecule has 68 valence electrons. The monoisotopic (exact) mass is 196 g/mol. The number of rotatable bonds is 1. The van der Waals surface area contributed by atoms with Crippen molar-refractivity contribution >= 4 is 21.6 Å². The molecule has 1 aromatic heterocycles. The van der Waals surface area contributed by atoms with E-state index in [2.05, 4.69) is 0 Å². The van der Waals surface area contributed by atoms with Crippen molar-refractivity contribution < 1.29 is 9.52 Å². The SMILES string of the molecule is CCc1cc2oc(=O)sc2cc1O. The summed E-state index contributed by atoms with van der Waals surface area (Å²) in [6.45, 7) is 1.94. The molecule has 0 saturated carbocycles. The van der Waals surface area contributed by atoms with Gasteiger partial charge in [-0.2, -0.15) is 0 Å². The Labute approximate surface area is 78.2 Å². The summed E-state index contributed by atoms with van der Waals surface area (Å²) in [5.74, 6) is 0.229. The second-order valence-electron chi connectivity index (χ2n) is 2.74. The number of fused-ring (bicyclic) bond motifs is 1. The van der Waals surface area contributed by atoms with E-state index in [1.807, 2.05) is 6.92 Å². The maximum absolute atomic E-state index is 10.9. The van der Waals surface area contributed by atoms with Gasteiger partial charge in [0.1, 0.15) is 11.3 Å². The van der Waals surface area contributed by atoms with Gasteiger partial charge in [0, 0.05) is 6.07 Å². The zero-order chi connectivity index (χ0) is 9.42. The van der Waals surface area contributed by atoms with Gasteiger partial charge in [-0.1, -0.05) is 18.3 Å². The smallest absolute Gasteiger partial charge is 0.396 e. The van der Waals surface area contributed by atoms with Crippen LogP contribution in [0.2, 0.25) is 0 Å². The van der Waals surface area contributed by atoms with Crippen LogP contribution in [0.1, 0.15) is 12.5 Å². The van der Waals surface area contributed by atoms with Gasteiger partial charge in [-0.15, -0.1) is 0 Å². The Morgan fingerprint density at radius 2 is 2.31 bits per heavy atom. The predicted octanol–water partition coefficient (Wildman–Crippen LogP) is 2.12. The van der Waals surface area contributed by atoms with Crippen LogP contribution < -0.4 is 4.94 Å². The molecule has 0 fully saturated rings. The first kappa shape index (κ1) is 8.31. The van der Waals surface area contributed by atoms with Crippen LogP contribution >= 0.6 is 11.3 Å². The van der Waals surface area contributed by atoms with Crippen LogP contribution in [0.5, 0.6) is 5.75 Å². The van der Waals surface area contributed by atoms with E-state index in [1.54, 1.807) is 12.1 Å². The molecule has 1 aromatic carbocycles. The maximum Gasteiger partial charge on any atom is 0.396 e. The van der Waals surface area contributed by atoms with Gasteiger partial charge < -0.3 is 9.52 Å². The quantitative estimate of drug-likeness (QED) is 0.760. The van der Waals surface area contributed by atoms with Gasteiger partial charge in [-0.05, 0) is 18.1 Å². The van der Waals surface area contributed by atoms with Crippen molar-refractivity contribution in [2.45, 2.75) is 13.3 Å². The molecule has 0 aliphatic heterocycles. The van der Waals surface area contributed by atoms with Crippen molar-refractivity contribution in [3.05, 3.63) is 27.4 Å². The van der Waals surface area contributed by atoms with Crippen molar-refractivity contribution in [3.63, 3.8) is 0 Å². The molecule has 0 aliphatic rings. The second-order valence-corrected chi connectivity index (χ2v) is 3.71. The first-order valence-corrected chi connectivity index (χ1v) is 4.78. The normalized spacial score (nSPS) is 10.8. The lowest BCUT2D eigenvalue weighted by Crippen LogP contribution is -1.81. The van der Waals surface area contributed by atoms with Crippen LogP contribution in [0.25, 0.3) is 10.3 Å². The first-order valence-electron chi connectivity index (χ1n) is 3.96. The van der Waals surface area contributed by atoms with E-state index in [9.17, 15) is 9.90 Å². The van der Waals surface area contributed by atoms with Crippen LogP contribution in [0, 0.1) is 0 Å². The number of phenolic OH excluding ortho intramolecular Hbond substituents is 1. The molecule has 0 amide bonds. The van der Waals surface area contributed by atoms with Gasteiger partial charge in [-0.3, -0.25) is 0 Å². The fraction of sp³-hybridized carbons (Fsp3) is 0.222. The Bertz CT molecular complexity index is 495. The average Bonchev–Trinajstić information content (AvgIpc) is 2.42. The highest BCUT2D eigenvalue weighted by atomic mass is 32.1. The third-order valence-electron chi connectivity index (χ3n) is 1.91. The van der Waals surface area contributed by atoms with Crippen molar-refractivity contribution in [1.29, 1.82) is 0 Å². The minimum absolute atomic E-state index is 0.229. The molecule has 3 nitrogen and oxygen atoms in total. The summed E-state index contributed by atoms with van der Waals surface area (Å²) in [5, 5.41) is 9.48. The minimum atomic E-state index is -0.331. The van der Waals surface area contributed by atoms with E-state index in [4.69, 9.17) is 4.42 Å². The molecular formula is C9H8O3S. The molecule has 0 saturated heterocycles. The summed E-state index contributed by atoms with van der Waals surface area (Å²) in [6.07, 6.45) is 0.724. The molecule has 1 N–H and O–H groups in total. The zero-order valence-electron chi connectivity index (χ0n) is 7.03. The van der Waals surface area contributed by atoms with E-state index >= 15 is 0 Å². The van der Waals surface area contributed by atoms with Crippen LogP contribution in [0.3, 0.4) is 0 Å². The standard InChI is InChI=1S/C9H8O3S/c1-2-5-3-7-8(4-6(5)10)13-9(11)12-7/h3-4,10H,2H2,1H3. The fourth-order valence-corrected chi connectivity index (χ4v) is 1.92. The lowest BCUT2D eigenvalue weighted by molar-refractivity contribution is 0.469. The topological polar surface area (TPSA) is 50.4 Å². The van der Waals surface area contributed by atoms with Crippen molar-refractivity contribution in [2.75, 3.05) is 0 Å². The molecule has 0 atom stereocenters. The van der Waals surface area contributed by atoms with Gasteiger partial charge >= 0.3 is 4.94 Å². The Balaban J connectivity index is 2.80. The highest BCUT2D eigenvalue weighted by molar-refractivity contribution is 7.16. The van der Waals surface area contributed by atoms with Crippen molar-refractivity contribution in [3.8, 4) is 5.75 Å². The number of hydrogen-bond acceptors (Lipinski definition) is 4. The largest absolute Gasteiger partial charge is 0.508 e. The third kappa shape index (κ3) is 1.33. The number of aromatic hydroxyl groups is 1. The van der Waals surface area contributed by atoms with Crippen LogP contribution in [0.4, 0.5) is 0 Å². The highest BCUT2D eigenvalue weighted by Crippen LogP contribution is 2.26. The van der Waals surface area contributed by atoms with E-state index in [1.165, 1.54) is 0 Å². The Kier molecular flexibility index (Phi) is 1.84. The third-order valence-corrected chi connectivity index (χ3v) is 2.70. The van der Waals surface area contributed by atoms with Gasteiger partial charge in [0.15, 0.2) is 0 Å². The predicted molar refractivity (Wildman–Crippen MR) is 51.4 cm³/mol. The van der Waals surface area contributed by atoms with Gasteiger partial charge in [0.2, 0.25) is 0 Å². The zero-order valence-corrected chi connectivity index (χ0v) is 7.85. The Morgan fingerprint density at radius 3 is 3.00 bits per heavy atom. The molecule has 0 aliphatic carbocycles. The van der Waals surface area contributed by atoms with E-state index in [0.717, 1.165) is 23.3 Å². The van der Waals surface area contributed by atoms with Gasteiger partial charge in [-0.25, -0.2) is 4.79 Å². The van der Waals surface area contributed by atoms with Crippen molar-refractivity contribution in [2.24, 2.45) is 0 Å². The van der Waals surface area contributed by atoms with E-state index in [-0.39, 0.29) is 10.7 Å². The molecule has 1 heterocycles. The highest BCUT2D eigenvalue weighted by Gasteiger charge is 2.06. The molecular weight excluding hydrogens is 188 g/mol. The molecule has 0 unspecified atom stereocenters. The maximum atomic E-state index is 10.9. The van der Waals surface area contributed by atoms with Gasteiger partial charge in [0.25, 0.3) is 0 Å². The summed E-state index contributed by atoms with van der Waals surface area (Å²) < 4.78 is 5.61. The van der Waals surface area contributed by atoms with Crippen LogP contribution in [-0.2, 0) is 6.42 Å². The van der Waals surface area contributed by atoms with Crippen LogP contribution in [0.15, 0.2) is 21.3 Å². The lowest BCUT2D eigenvalue weighted by Gasteiger charge is -1.98. The second kappa shape index (κ2) is 2.88. The summed E-state index contributed by atoms with van der Waals surface area (Å²) in [6, 6.07) is 3.28. The molecule has 0 spiro atoms. The molecule has 2 rings (SSSR count). The fourth-order valence-electron chi connectivity index (χ4n) is 1.23. The summed E-state index contributed by atoms with van der Waals surface area (Å²) in [7, 11) is 0. The van der Waals surface area contributed by atoms with E-state index in [0.29, 0.717) is 10.3 Å². The number of aryl methyl sites for hydroxylation is 1. The number of phenols is 1. The molecule has 0 radical (unpaired) electrons. The number of benzene rings is 1. The summed E-state index contributed by atoms with van der Waals surface area (Å²) in [5.41, 5.74) is 1.36.